The Kier molecular flexibility index (Phi) is 7.64. The van der Waals surface area contributed by atoms with Gasteiger partial charge in [-0.1, -0.05) is 34.6 Å². The number of nitrogens with zero attached hydrogens (tertiary/aromatic N) is 2. The van der Waals surface area contributed by atoms with Gasteiger partial charge in [0.2, 0.25) is 0 Å². The molecule has 6 nitrogen and oxygen atoms in total. The van der Waals surface area contributed by atoms with Gasteiger partial charge in [-0.25, -0.2) is 0 Å². The molecule has 0 spiro atoms. The molecule has 0 amide bonds. The SMILES string of the molecule is CCC(C)(C)C(=O)OCCOC(=O)Cn1nc(C(C)C)cc1C(C)C. The summed E-state index contributed by atoms with van der Waals surface area (Å²) in [4.78, 5) is 23.9. The van der Waals surface area contributed by atoms with Crippen LogP contribution in [0.5, 0.6) is 0 Å². The number of hydrogen-bond acceptors (Lipinski definition) is 5. The van der Waals surface area contributed by atoms with E-state index in [0.29, 0.717) is 12.3 Å². The quantitative estimate of drug-likeness (QED) is 0.501. The van der Waals surface area contributed by atoms with Crippen molar-refractivity contribution in [2.24, 2.45) is 5.41 Å². The van der Waals surface area contributed by atoms with Gasteiger partial charge < -0.3 is 9.47 Å². The zero-order valence-electron chi connectivity index (χ0n) is 16.6. The van der Waals surface area contributed by atoms with Crippen LogP contribution in [0.3, 0.4) is 0 Å². The summed E-state index contributed by atoms with van der Waals surface area (Å²) < 4.78 is 12.0. The molecule has 0 atom stereocenters. The molecule has 0 N–H and O–H groups in total. The van der Waals surface area contributed by atoms with Gasteiger partial charge in [0.15, 0.2) is 0 Å². The van der Waals surface area contributed by atoms with E-state index in [2.05, 4.69) is 32.8 Å². The molecular weight excluding hydrogens is 320 g/mol. The molecule has 0 aromatic carbocycles. The van der Waals surface area contributed by atoms with Crippen LogP contribution in [-0.2, 0) is 25.6 Å². The van der Waals surface area contributed by atoms with Gasteiger partial charge in [-0.15, -0.1) is 0 Å². The monoisotopic (exact) mass is 352 g/mol. The van der Waals surface area contributed by atoms with Crippen molar-refractivity contribution >= 4 is 11.9 Å². The highest BCUT2D eigenvalue weighted by molar-refractivity contribution is 5.75. The fourth-order valence-corrected chi connectivity index (χ4v) is 2.12. The van der Waals surface area contributed by atoms with Crippen molar-refractivity contribution in [1.82, 2.24) is 9.78 Å². The minimum Gasteiger partial charge on any atom is -0.462 e. The van der Waals surface area contributed by atoms with Crippen LogP contribution in [0.15, 0.2) is 6.07 Å². The van der Waals surface area contributed by atoms with E-state index in [-0.39, 0.29) is 37.6 Å². The zero-order valence-corrected chi connectivity index (χ0v) is 16.6. The van der Waals surface area contributed by atoms with E-state index < -0.39 is 5.41 Å². The van der Waals surface area contributed by atoms with Gasteiger partial charge in [0.25, 0.3) is 0 Å². The van der Waals surface area contributed by atoms with Gasteiger partial charge in [-0.2, -0.15) is 5.10 Å². The van der Waals surface area contributed by atoms with Crippen LogP contribution in [0.2, 0.25) is 0 Å². The first-order chi connectivity index (χ1) is 11.6. The summed E-state index contributed by atoms with van der Waals surface area (Å²) in [7, 11) is 0. The van der Waals surface area contributed by atoms with Crippen molar-refractivity contribution in [2.45, 2.75) is 73.3 Å². The van der Waals surface area contributed by atoms with Gasteiger partial charge in [0.05, 0.1) is 11.1 Å². The second-order valence-corrected chi connectivity index (χ2v) is 7.55. The summed E-state index contributed by atoms with van der Waals surface area (Å²) in [5, 5.41) is 4.50. The summed E-state index contributed by atoms with van der Waals surface area (Å²) in [6, 6.07) is 2.04. The highest BCUT2D eigenvalue weighted by Crippen LogP contribution is 2.22. The highest BCUT2D eigenvalue weighted by atomic mass is 16.6. The first kappa shape index (κ1) is 21.2. The minimum absolute atomic E-state index is 0.0552. The first-order valence-corrected chi connectivity index (χ1v) is 8.99. The number of aromatic nitrogens is 2. The average molecular weight is 352 g/mol. The van der Waals surface area contributed by atoms with E-state index in [1.807, 2.05) is 26.8 Å². The number of carbonyl (C=O) groups excluding carboxylic acids is 2. The molecule has 0 radical (unpaired) electrons. The number of rotatable bonds is 9. The molecule has 0 saturated carbocycles. The molecule has 0 aliphatic carbocycles. The summed E-state index contributed by atoms with van der Waals surface area (Å²) in [6.45, 7) is 14.1. The Morgan fingerprint density at radius 1 is 1.12 bits per heavy atom. The molecule has 1 aromatic heterocycles. The van der Waals surface area contributed by atoms with Crippen molar-refractivity contribution in [1.29, 1.82) is 0 Å². The third kappa shape index (κ3) is 6.18. The second-order valence-electron chi connectivity index (χ2n) is 7.55. The normalized spacial score (nSPS) is 11.9. The molecule has 0 unspecified atom stereocenters. The molecule has 1 rings (SSSR count). The number of hydrogen-bond donors (Lipinski definition) is 0. The maximum Gasteiger partial charge on any atom is 0.327 e. The lowest BCUT2D eigenvalue weighted by molar-refractivity contribution is -0.159. The zero-order chi connectivity index (χ0) is 19.2. The average Bonchev–Trinajstić information content (AvgIpc) is 2.95. The summed E-state index contributed by atoms with van der Waals surface area (Å²) in [5.41, 5.74) is 1.46. The lowest BCUT2D eigenvalue weighted by Crippen LogP contribution is -2.27. The van der Waals surface area contributed by atoms with E-state index in [1.165, 1.54) is 0 Å². The van der Waals surface area contributed by atoms with Crippen LogP contribution >= 0.6 is 0 Å². The van der Waals surface area contributed by atoms with Gasteiger partial charge in [-0.05, 0) is 38.2 Å². The maximum atomic E-state index is 12.0. The van der Waals surface area contributed by atoms with Crippen molar-refractivity contribution in [3.8, 4) is 0 Å². The van der Waals surface area contributed by atoms with Crippen LogP contribution in [0.25, 0.3) is 0 Å². The lowest BCUT2D eigenvalue weighted by atomic mass is 9.91. The number of esters is 2. The summed E-state index contributed by atoms with van der Waals surface area (Å²) in [5.74, 6) is -0.0889. The van der Waals surface area contributed by atoms with Crippen molar-refractivity contribution in [2.75, 3.05) is 13.2 Å². The van der Waals surface area contributed by atoms with Crippen molar-refractivity contribution < 1.29 is 19.1 Å². The van der Waals surface area contributed by atoms with Crippen LogP contribution in [0.4, 0.5) is 0 Å². The van der Waals surface area contributed by atoms with E-state index in [4.69, 9.17) is 9.47 Å². The Labute approximate surface area is 150 Å². The summed E-state index contributed by atoms with van der Waals surface area (Å²) >= 11 is 0. The van der Waals surface area contributed by atoms with E-state index in [0.717, 1.165) is 11.4 Å². The maximum absolute atomic E-state index is 12.0. The third-order valence-corrected chi connectivity index (χ3v) is 4.31. The third-order valence-electron chi connectivity index (χ3n) is 4.31. The fraction of sp³-hybridized carbons (Fsp3) is 0.737. The Balaban J connectivity index is 2.51. The molecule has 142 valence electrons. The molecule has 1 aromatic rings. The fourth-order valence-electron chi connectivity index (χ4n) is 2.12. The molecule has 0 bridgehead atoms. The van der Waals surface area contributed by atoms with Gasteiger partial charge in [0, 0.05) is 5.69 Å². The smallest absolute Gasteiger partial charge is 0.327 e. The highest BCUT2D eigenvalue weighted by Gasteiger charge is 2.27. The Bertz CT molecular complexity index is 588. The molecule has 0 aliphatic rings. The molecule has 0 saturated heterocycles. The number of carbonyl (C=O) groups is 2. The molecule has 1 heterocycles. The molecule has 0 aliphatic heterocycles. The predicted molar refractivity (Wildman–Crippen MR) is 96.4 cm³/mol. The number of ether oxygens (including phenoxy) is 2. The second kappa shape index (κ2) is 9.02. The van der Waals surface area contributed by atoms with E-state index in [9.17, 15) is 9.59 Å². The predicted octanol–water partition coefficient (Wildman–Crippen LogP) is 3.65. The van der Waals surface area contributed by atoms with Crippen molar-refractivity contribution in [3.05, 3.63) is 17.5 Å². The largest absolute Gasteiger partial charge is 0.462 e. The van der Waals surface area contributed by atoms with Gasteiger partial charge in [0.1, 0.15) is 19.8 Å². The van der Waals surface area contributed by atoms with E-state index >= 15 is 0 Å². The molecular formula is C19H32N2O4. The van der Waals surface area contributed by atoms with Crippen LogP contribution < -0.4 is 0 Å². The topological polar surface area (TPSA) is 70.4 Å². The summed E-state index contributed by atoms with van der Waals surface area (Å²) in [6.07, 6.45) is 0.696. The van der Waals surface area contributed by atoms with E-state index in [1.54, 1.807) is 4.68 Å². The lowest BCUT2D eigenvalue weighted by Gasteiger charge is -2.20. The molecule has 0 fully saturated rings. The Morgan fingerprint density at radius 2 is 1.72 bits per heavy atom. The van der Waals surface area contributed by atoms with Crippen LogP contribution in [0, 0.1) is 5.41 Å². The van der Waals surface area contributed by atoms with Crippen LogP contribution in [-0.4, -0.2) is 34.9 Å². The standard InChI is InChI=1S/C19H32N2O4/c1-8-19(6,7)18(23)25-10-9-24-17(22)12-21-16(14(4)5)11-15(20-21)13(2)3/h11,13-14H,8-10,12H2,1-7H3. The molecule has 25 heavy (non-hydrogen) atoms. The van der Waals surface area contributed by atoms with Crippen LogP contribution in [0.1, 0.15) is 78.1 Å². The first-order valence-electron chi connectivity index (χ1n) is 8.99. The minimum atomic E-state index is -0.515. The van der Waals surface area contributed by atoms with Crippen molar-refractivity contribution in [3.63, 3.8) is 0 Å². The van der Waals surface area contributed by atoms with Gasteiger partial charge in [-0.3, -0.25) is 14.3 Å². The molecule has 6 heteroatoms. The Hall–Kier alpha value is -1.85. The van der Waals surface area contributed by atoms with Gasteiger partial charge >= 0.3 is 11.9 Å². The Morgan fingerprint density at radius 3 is 2.24 bits per heavy atom.